The maximum Gasteiger partial charge on any atom is 0.325 e. The van der Waals surface area contributed by atoms with Crippen LogP contribution in [0.2, 0.25) is 0 Å². The number of carbonyl (C=O) groups excluding carboxylic acids is 1. The minimum absolute atomic E-state index is 0.173. The van der Waals surface area contributed by atoms with Gasteiger partial charge in [-0.15, -0.1) is 0 Å². The third-order valence-corrected chi connectivity index (χ3v) is 4.24. The highest BCUT2D eigenvalue weighted by Gasteiger charge is 2.33. The normalized spacial score (nSPS) is 25.4. The molecule has 7 heteroatoms. The fourth-order valence-corrected chi connectivity index (χ4v) is 3.01. The lowest BCUT2D eigenvalue weighted by molar-refractivity contribution is -0.138. The molecule has 1 rings (SSSR count). The Morgan fingerprint density at radius 1 is 1.69 bits per heavy atom. The summed E-state index contributed by atoms with van der Waals surface area (Å²) in [6, 6.07) is -1.17. The van der Waals surface area contributed by atoms with E-state index in [0.717, 1.165) is 12.8 Å². The molecule has 0 aromatic rings. The molecule has 1 heterocycles. The smallest absolute Gasteiger partial charge is 0.325 e. The number of nitrogens with one attached hydrogen (secondary N) is 1. The van der Waals surface area contributed by atoms with Crippen molar-refractivity contribution >= 4 is 23.1 Å². The first kappa shape index (κ1) is 13.3. The van der Waals surface area contributed by atoms with Gasteiger partial charge in [-0.3, -0.25) is 9.59 Å². The van der Waals surface area contributed by atoms with Gasteiger partial charge in [-0.25, -0.2) is 0 Å². The van der Waals surface area contributed by atoms with E-state index in [0.29, 0.717) is 13.0 Å². The second-order valence-electron chi connectivity index (χ2n) is 3.77. The van der Waals surface area contributed by atoms with Gasteiger partial charge in [-0.05, 0) is 24.0 Å². The molecule has 0 saturated carbocycles. The van der Waals surface area contributed by atoms with E-state index in [4.69, 9.17) is 10.8 Å². The van der Waals surface area contributed by atoms with Crippen LogP contribution < -0.4 is 11.1 Å². The topological polar surface area (TPSA) is 115 Å². The Balaban J connectivity index is 2.53. The average Bonchev–Trinajstić information content (AvgIpc) is 2.42. The molecule has 1 aliphatic rings. The number of carboxylic acid groups (broad SMARTS) is 1. The van der Waals surface area contributed by atoms with Gasteiger partial charge >= 0.3 is 5.97 Å². The Morgan fingerprint density at radius 3 is 3.00 bits per heavy atom. The first-order valence-electron chi connectivity index (χ1n) is 5.15. The van der Waals surface area contributed by atoms with Gasteiger partial charge in [0.15, 0.2) is 5.25 Å². The second kappa shape index (κ2) is 6.07. The Bertz CT molecular complexity index is 274. The molecule has 3 unspecified atom stereocenters. The minimum Gasteiger partial charge on any atom is -0.616 e. The highest BCUT2D eigenvalue weighted by atomic mass is 32.2. The van der Waals surface area contributed by atoms with E-state index < -0.39 is 28.4 Å². The molecule has 0 bridgehead atoms. The molecular formula is C9H16N2O4S. The molecule has 92 valence electrons. The minimum atomic E-state index is -1.52. The molecular weight excluding hydrogens is 232 g/mol. The number of amides is 1. The van der Waals surface area contributed by atoms with E-state index in [9.17, 15) is 14.1 Å². The summed E-state index contributed by atoms with van der Waals surface area (Å²) in [4.78, 5) is 22.0. The molecule has 0 aliphatic carbocycles. The number of aliphatic carboxylic acids is 1. The monoisotopic (exact) mass is 248 g/mol. The van der Waals surface area contributed by atoms with E-state index in [1.54, 1.807) is 0 Å². The third kappa shape index (κ3) is 3.66. The number of hydrogen-bond acceptors (Lipinski definition) is 4. The van der Waals surface area contributed by atoms with Gasteiger partial charge in [0.25, 0.3) is 5.91 Å². The lowest BCUT2D eigenvalue weighted by Gasteiger charge is -2.20. The quantitative estimate of drug-likeness (QED) is 0.541. The summed E-state index contributed by atoms with van der Waals surface area (Å²) in [6.45, 7) is 0.595. The summed E-state index contributed by atoms with van der Waals surface area (Å²) in [6.07, 6.45) is 2.21. The van der Waals surface area contributed by atoms with E-state index in [1.807, 2.05) is 0 Å². The predicted octanol–water partition coefficient (Wildman–Crippen LogP) is -1.18. The molecule has 0 spiro atoms. The first-order chi connectivity index (χ1) is 7.52. The maximum atomic E-state index is 11.8. The SMILES string of the molecule is NC(C[S+]([O-])C1CCCCNC1=O)C(=O)O. The zero-order valence-electron chi connectivity index (χ0n) is 8.85. The molecule has 1 amide bonds. The van der Waals surface area contributed by atoms with Gasteiger partial charge in [0.2, 0.25) is 0 Å². The van der Waals surface area contributed by atoms with Crippen molar-refractivity contribution in [3.8, 4) is 0 Å². The Hall–Kier alpha value is -0.790. The molecule has 1 fully saturated rings. The Kier molecular flexibility index (Phi) is 5.04. The van der Waals surface area contributed by atoms with Crippen molar-refractivity contribution < 1.29 is 19.2 Å². The number of nitrogens with two attached hydrogens (primary N) is 1. The molecule has 16 heavy (non-hydrogen) atoms. The van der Waals surface area contributed by atoms with E-state index in [-0.39, 0.29) is 11.7 Å². The molecule has 3 atom stereocenters. The molecule has 4 N–H and O–H groups in total. The van der Waals surface area contributed by atoms with Crippen LogP contribution in [0.15, 0.2) is 0 Å². The lowest BCUT2D eigenvalue weighted by Crippen LogP contribution is -2.45. The second-order valence-corrected chi connectivity index (χ2v) is 5.43. The largest absolute Gasteiger partial charge is 0.616 e. The first-order valence-corrected chi connectivity index (χ1v) is 6.54. The zero-order valence-corrected chi connectivity index (χ0v) is 9.66. The summed E-state index contributed by atoms with van der Waals surface area (Å²) in [5, 5.41) is 10.6. The maximum absolute atomic E-state index is 11.8. The summed E-state index contributed by atoms with van der Waals surface area (Å²) >= 11 is -1.52. The van der Waals surface area contributed by atoms with E-state index in [1.165, 1.54) is 0 Å². The fraction of sp³-hybridized carbons (Fsp3) is 0.778. The number of carbonyl (C=O) groups is 2. The highest BCUT2D eigenvalue weighted by molar-refractivity contribution is 7.92. The van der Waals surface area contributed by atoms with Crippen LogP contribution in [0.3, 0.4) is 0 Å². The van der Waals surface area contributed by atoms with Crippen LogP contribution in [0.5, 0.6) is 0 Å². The van der Waals surface area contributed by atoms with Crippen molar-refractivity contribution in [2.75, 3.05) is 12.3 Å². The highest BCUT2D eigenvalue weighted by Crippen LogP contribution is 2.15. The molecule has 0 aromatic carbocycles. The van der Waals surface area contributed by atoms with Crippen LogP contribution in [0.1, 0.15) is 19.3 Å². The van der Waals surface area contributed by atoms with Gasteiger partial charge in [0, 0.05) is 13.0 Å². The fourth-order valence-electron chi connectivity index (χ4n) is 1.53. The van der Waals surface area contributed by atoms with Gasteiger partial charge in [0.1, 0.15) is 11.8 Å². The lowest BCUT2D eigenvalue weighted by atomic mass is 10.2. The summed E-state index contributed by atoms with van der Waals surface area (Å²) in [5.41, 5.74) is 5.28. The van der Waals surface area contributed by atoms with Crippen molar-refractivity contribution in [2.24, 2.45) is 5.73 Å². The van der Waals surface area contributed by atoms with Crippen molar-refractivity contribution in [3.05, 3.63) is 0 Å². The van der Waals surface area contributed by atoms with Gasteiger partial charge in [-0.1, -0.05) is 0 Å². The predicted molar refractivity (Wildman–Crippen MR) is 59.3 cm³/mol. The van der Waals surface area contributed by atoms with Crippen LogP contribution in [0, 0.1) is 0 Å². The summed E-state index contributed by atoms with van der Waals surface area (Å²) in [5.74, 6) is -1.62. The molecule has 6 nitrogen and oxygen atoms in total. The van der Waals surface area contributed by atoms with Crippen LogP contribution in [-0.4, -0.2) is 45.1 Å². The van der Waals surface area contributed by atoms with Crippen molar-refractivity contribution in [3.63, 3.8) is 0 Å². The molecule has 0 radical (unpaired) electrons. The van der Waals surface area contributed by atoms with Gasteiger partial charge in [-0.2, -0.15) is 0 Å². The number of carboxylic acids is 1. The van der Waals surface area contributed by atoms with E-state index >= 15 is 0 Å². The van der Waals surface area contributed by atoms with Crippen molar-refractivity contribution in [2.45, 2.75) is 30.6 Å². The Labute approximate surface area is 96.8 Å². The van der Waals surface area contributed by atoms with Crippen LogP contribution in [-0.2, 0) is 20.8 Å². The van der Waals surface area contributed by atoms with Gasteiger partial charge < -0.3 is 20.7 Å². The molecule has 1 aliphatic heterocycles. The number of rotatable bonds is 4. The Morgan fingerprint density at radius 2 is 2.38 bits per heavy atom. The van der Waals surface area contributed by atoms with E-state index in [2.05, 4.69) is 5.32 Å². The average molecular weight is 248 g/mol. The van der Waals surface area contributed by atoms with Crippen molar-refractivity contribution in [1.29, 1.82) is 0 Å². The molecule has 1 saturated heterocycles. The van der Waals surface area contributed by atoms with Crippen LogP contribution in [0.4, 0.5) is 0 Å². The third-order valence-electron chi connectivity index (χ3n) is 2.46. The zero-order chi connectivity index (χ0) is 12.1. The summed E-state index contributed by atoms with van der Waals surface area (Å²) < 4.78 is 11.8. The van der Waals surface area contributed by atoms with Crippen molar-refractivity contribution in [1.82, 2.24) is 5.32 Å². The molecule has 0 aromatic heterocycles. The standard InChI is InChI=1S/C9H16N2O4S/c10-6(9(13)14)5-16(15)7-3-1-2-4-11-8(7)12/h6-7H,1-5,10H2,(H,11,12)(H,13,14). The van der Waals surface area contributed by atoms with Gasteiger partial charge in [0.05, 0.1) is 0 Å². The number of hydrogen-bond donors (Lipinski definition) is 3. The van der Waals surface area contributed by atoms with Crippen LogP contribution >= 0.6 is 0 Å². The van der Waals surface area contributed by atoms with Crippen LogP contribution in [0.25, 0.3) is 0 Å². The summed E-state index contributed by atoms with van der Waals surface area (Å²) in [7, 11) is 0.